The molecule has 0 saturated carbocycles. The predicted octanol–water partition coefficient (Wildman–Crippen LogP) is 4.70. The molecule has 0 bridgehead atoms. The minimum atomic E-state index is 0.134. The first-order chi connectivity index (χ1) is 11.3. The standard InChI is InChI=1S/C18H19N3OS/c1-13(21-11-5-9-15(21)16-10-6-12-23-16)17-19-20-18(22-17)14-7-3-2-4-8-14/h2-4,6-8,10,12-13,15H,5,9,11H2,1H3. The van der Waals surface area contributed by atoms with Crippen LogP contribution in [0.15, 0.2) is 52.3 Å². The number of rotatable bonds is 4. The van der Waals surface area contributed by atoms with E-state index in [0.717, 1.165) is 12.1 Å². The average molecular weight is 325 g/mol. The van der Waals surface area contributed by atoms with E-state index in [-0.39, 0.29) is 6.04 Å². The third-order valence-corrected chi connectivity index (χ3v) is 5.46. The summed E-state index contributed by atoms with van der Waals surface area (Å²) in [6.07, 6.45) is 2.41. The van der Waals surface area contributed by atoms with Gasteiger partial charge in [0.2, 0.25) is 11.8 Å². The normalized spacial score (nSPS) is 20.0. The molecular formula is C18H19N3OS. The Morgan fingerprint density at radius 1 is 1.17 bits per heavy atom. The molecule has 1 fully saturated rings. The Morgan fingerprint density at radius 2 is 2.04 bits per heavy atom. The summed E-state index contributed by atoms with van der Waals surface area (Å²) >= 11 is 1.83. The summed E-state index contributed by atoms with van der Waals surface area (Å²) in [4.78, 5) is 3.91. The summed E-state index contributed by atoms with van der Waals surface area (Å²) in [6.45, 7) is 3.24. The molecule has 23 heavy (non-hydrogen) atoms. The number of hydrogen-bond donors (Lipinski definition) is 0. The van der Waals surface area contributed by atoms with E-state index in [4.69, 9.17) is 4.42 Å². The van der Waals surface area contributed by atoms with Gasteiger partial charge in [0.25, 0.3) is 0 Å². The van der Waals surface area contributed by atoms with Gasteiger partial charge in [-0.1, -0.05) is 24.3 Å². The molecule has 1 aliphatic heterocycles. The van der Waals surface area contributed by atoms with Crippen LogP contribution in [-0.2, 0) is 0 Å². The Labute approximate surface area is 139 Å². The number of hydrogen-bond acceptors (Lipinski definition) is 5. The first kappa shape index (κ1) is 14.6. The molecule has 118 valence electrons. The van der Waals surface area contributed by atoms with Crippen LogP contribution in [0.2, 0.25) is 0 Å². The molecule has 3 aromatic rings. The Bertz CT molecular complexity index is 754. The summed E-state index contributed by atoms with van der Waals surface area (Å²) in [5.74, 6) is 1.30. The first-order valence-corrected chi connectivity index (χ1v) is 8.89. The van der Waals surface area contributed by atoms with Gasteiger partial charge >= 0.3 is 0 Å². The van der Waals surface area contributed by atoms with Gasteiger partial charge in [0.1, 0.15) is 0 Å². The minimum absolute atomic E-state index is 0.134. The van der Waals surface area contributed by atoms with Gasteiger partial charge in [-0.2, -0.15) is 0 Å². The van der Waals surface area contributed by atoms with Crippen molar-refractivity contribution in [3.8, 4) is 11.5 Å². The molecule has 1 aromatic carbocycles. The smallest absolute Gasteiger partial charge is 0.247 e. The van der Waals surface area contributed by atoms with Crippen molar-refractivity contribution in [2.45, 2.75) is 31.8 Å². The lowest BCUT2D eigenvalue weighted by Crippen LogP contribution is -2.26. The molecule has 2 unspecified atom stereocenters. The zero-order valence-electron chi connectivity index (χ0n) is 13.1. The monoisotopic (exact) mass is 325 g/mol. The molecule has 3 heterocycles. The van der Waals surface area contributed by atoms with Crippen molar-refractivity contribution in [1.82, 2.24) is 15.1 Å². The van der Waals surface area contributed by atoms with Crippen LogP contribution in [-0.4, -0.2) is 21.6 Å². The predicted molar refractivity (Wildman–Crippen MR) is 91.1 cm³/mol. The Balaban J connectivity index is 1.57. The summed E-state index contributed by atoms with van der Waals surface area (Å²) < 4.78 is 5.95. The molecule has 2 aromatic heterocycles. The summed E-state index contributed by atoms with van der Waals surface area (Å²) in [5, 5.41) is 10.7. The van der Waals surface area contributed by atoms with E-state index < -0.39 is 0 Å². The topological polar surface area (TPSA) is 42.2 Å². The van der Waals surface area contributed by atoms with Crippen LogP contribution >= 0.6 is 11.3 Å². The molecule has 0 amide bonds. The van der Waals surface area contributed by atoms with Crippen molar-refractivity contribution in [2.24, 2.45) is 0 Å². The van der Waals surface area contributed by atoms with E-state index in [0.29, 0.717) is 17.8 Å². The summed E-state index contributed by atoms with van der Waals surface area (Å²) in [6, 6.07) is 14.9. The Kier molecular flexibility index (Phi) is 3.97. The van der Waals surface area contributed by atoms with Gasteiger partial charge in [-0.25, -0.2) is 0 Å². The van der Waals surface area contributed by atoms with E-state index in [1.165, 1.54) is 17.7 Å². The van der Waals surface area contributed by atoms with Crippen molar-refractivity contribution in [3.05, 3.63) is 58.6 Å². The molecule has 2 atom stereocenters. The minimum Gasteiger partial charge on any atom is -0.419 e. The molecule has 0 N–H and O–H groups in total. The van der Waals surface area contributed by atoms with E-state index >= 15 is 0 Å². The number of aromatic nitrogens is 2. The van der Waals surface area contributed by atoms with Crippen molar-refractivity contribution in [2.75, 3.05) is 6.54 Å². The van der Waals surface area contributed by atoms with Crippen LogP contribution in [0.5, 0.6) is 0 Å². The largest absolute Gasteiger partial charge is 0.419 e. The Morgan fingerprint density at radius 3 is 2.83 bits per heavy atom. The van der Waals surface area contributed by atoms with Crippen LogP contribution in [0.3, 0.4) is 0 Å². The van der Waals surface area contributed by atoms with Crippen molar-refractivity contribution in [3.63, 3.8) is 0 Å². The second kappa shape index (κ2) is 6.26. The molecule has 1 aliphatic rings. The van der Waals surface area contributed by atoms with Crippen LogP contribution in [0.4, 0.5) is 0 Å². The maximum Gasteiger partial charge on any atom is 0.247 e. The highest BCUT2D eigenvalue weighted by Crippen LogP contribution is 2.40. The van der Waals surface area contributed by atoms with Gasteiger partial charge in [0.15, 0.2) is 0 Å². The summed E-state index contributed by atoms with van der Waals surface area (Å²) in [7, 11) is 0. The molecule has 0 spiro atoms. The van der Waals surface area contributed by atoms with Gasteiger partial charge in [0, 0.05) is 16.5 Å². The fourth-order valence-electron chi connectivity index (χ4n) is 3.28. The maximum atomic E-state index is 5.95. The quantitative estimate of drug-likeness (QED) is 0.697. The second-order valence-electron chi connectivity index (χ2n) is 5.90. The maximum absolute atomic E-state index is 5.95. The molecular weight excluding hydrogens is 306 g/mol. The van der Waals surface area contributed by atoms with Crippen molar-refractivity contribution >= 4 is 11.3 Å². The van der Waals surface area contributed by atoms with Gasteiger partial charge in [0.05, 0.1) is 6.04 Å². The van der Waals surface area contributed by atoms with Crippen LogP contribution in [0, 0.1) is 0 Å². The van der Waals surface area contributed by atoms with Gasteiger partial charge < -0.3 is 4.42 Å². The third kappa shape index (κ3) is 2.82. The SMILES string of the molecule is CC(c1nnc(-c2ccccc2)o1)N1CCCC1c1cccs1. The van der Waals surface area contributed by atoms with Crippen LogP contribution in [0.25, 0.3) is 11.5 Å². The van der Waals surface area contributed by atoms with E-state index in [1.54, 1.807) is 0 Å². The fraction of sp³-hybridized carbons (Fsp3) is 0.333. The molecule has 0 radical (unpaired) electrons. The van der Waals surface area contributed by atoms with Crippen LogP contribution in [0.1, 0.15) is 42.6 Å². The average Bonchev–Trinajstić information content (AvgIpc) is 3.34. The molecule has 5 heteroatoms. The first-order valence-electron chi connectivity index (χ1n) is 8.01. The lowest BCUT2D eigenvalue weighted by atomic mass is 10.1. The number of benzene rings is 1. The molecule has 1 saturated heterocycles. The lowest BCUT2D eigenvalue weighted by Gasteiger charge is -2.27. The van der Waals surface area contributed by atoms with E-state index in [1.807, 2.05) is 41.7 Å². The van der Waals surface area contributed by atoms with Gasteiger partial charge in [-0.3, -0.25) is 4.90 Å². The number of nitrogens with zero attached hydrogens (tertiary/aromatic N) is 3. The number of thiophene rings is 1. The highest BCUT2D eigenvalue weighted by Gasteiger charge is 2.33. The van der Waals surface area contributed by atoms with Gasteiger partial charge in [-0.15, -0.1) is 21.5 Å². The van der Waals surface area contributed by atoms with E-state index in [2.05, 4.69) is 39.5 Å². The summed E-state index contributed by atoms with van der Waals surface area (Å²) in [5.41, 5.74) is 0.967. The Hall–Kier alpha value is -1.98. The lowest BCUT2D eigenvalue weighted by molar-refractivity contribution is 0.170. The van der Waals surface area contributed by atoms with Crippen molar-refractivity contribution < 1.29 is 4.42 Å². The second-order valence-corrected chi connectivity index (χ2v) is 6.88. The highest BCUT2D eigenvalue weighted by atomic mass is 32.1. The zero-order chi connectivity index (χ0) is 15.6. The fourth-order valence-corrected chi connectivity index (χ4v) is 4.16. The molecule has 4 rings (SSSR count). The third-order valence-electron chi connectivity index (χ3n) is 4.48. The molecule has 4 nitrogen and oxygen atoms in total. The van der Waals surface area contributed by atoms with Crippen molar-refractivity contribution in [1.29, 1.82) is 0 Å². The number of likely N-dealkylation sites (tertiary alicyclic amines) is 1. The zero-order valence-corrected chi connectivity index (χ0v) is 13.9. The van der Waals surface area contributed by atoms with Crippen LogP contribution < -0.4 is 0 Å². The van der Waals surface area contributed by atoms with E-state index in [9.17, 15) is 0 Å². The van der Waals surface area contributed by atoms with Gasteiger partial charge in [-0.05, 0) is 49.9 Å². The highest BCUT2D eigenvalue weighted by molar-refractivity contribution is 7.10. The molecule has 0 aliphatic carbocycles.